The van der Waals surface area contributed by atoms with Gasteiger partial charge in [-0.1, -0.05) is 0 Å². The molecular weight excluding hydrogens is 164 g/mol. The average Bonchev–Trinajstić information content (AvgIpc) is 2.13. The van der Waals surface area contributed by atoms with Crippen LogP contribution in [0.1, 0.15) is 5.56 Å². The number of hydrogen-bond acceptors (Lipinski definition) is 3. The van der Waals surface area contributed by atoms with Crippen LogP contribution in [0.2, 0.25) is 0 Å². The van der Waals surface area contributed by atoms with Crippen LogP contribution in [0.5, 0.6) is 0 Å². The van der Waals surface area contributed by atoms with Crippen molar-refractivity contribution in [3.8, 4) is 6.07 Å². The normalized spacial score (nSPS) is 16.5. The van der Waals surface area contributed by atoms with E-state index >= 15 is 0 Å². The molecule has 0 saturated carbocycles. The average molecular weight is 174 g/mol. The van der Waals surface area contributed by atoms with Crippen LogP contribution in [0.15, 0.2) is 24.3 Å². The number of aliphatic hydroxyl groups is 1. The molecular formula is C10H10N2O. The lowest BCUT2D eigenvalue weighted by molar-refractivity contribution is 0.142. The van der Waals surface area contributed by atoms with Crippen molar-refractivity contribution in [1.82, 2.24) is 0 Å². The molecule has 0 radical (unpaired) electrons. The molecule has 66 valence electrons. The molecule has 1 fully saturated rings. The van der Waals surface area contributed by atoms with Crippen molar-refractivity contribution < 1.29 is 5.11 Å². The van der Waals surface area contributed by atoms with Crippen molar-refractivity contribution in [1.29, 1.82) is 5.26 Å². The smallest absolute Gasteiger partial charge is 0.0991 e. The summed E-state index contributed by atoms with van der Waals surface area (Å²) in [5.41, 5.74) is 1.74. The van der Waals surface area contributed by atoms with Crippen LogP contribution >= 0.6 is 0 Å². The second-order valence-corrected chi connectivity index (χ2v) is 3.22. The Morgan fingerprint density at radius 2 is 1.92 bits per heavy atom. The van der Waals surface area contributed by atoms with Gasteiger partial charge in [0.15, 0.2) is 0 Å². The minimum Gasteiger partial charge on any atom is -0.389 e. The van der Waals surface area contributed by atoms with Gasteiger partial charge in [0.05, 0.1) is 17.7 Å². The van der Waals surface area contributed by atoms with Crippen LogP contribution < -0.4 is 4.90 Å². The van der Waals surface area contributed by atoms with Crippen molar-refractivity contribution in [2.45, 2.75) is 6.10 Å². The molecule has 1 aliphatic heterocycles. The maximum Gasteiger partial charge on any atom is 0.0991 e. The van der Waals surface area contributed by atoms with E-state index in [0.29, 0.717) is 18.7 Å². The van der Waals surface area contributed by atoms with Gasteiger partial charge >= 0.3 is 0 Å². The summed E-state index contributed by atoms with van der Waals surface area (Å²) in [6, 6.07) is 9.47. The summed E-state index contributed by atoms with van der Waals surface area (Å²) in [6.07, 6.45) is -0.185. The second-order valence-electron chi connectivity index (χ2n) is 3.22. The molecule has 2 rings (SSSR count). The third kappa shape index (κ3) is 1.49. The van der Waals surface area contributed by atoms with Crippen molar-refractivity contribution in [2.24, 2.45) is 0 Å². The van der Waals surface area contributed by atoms with Gasteiger partial charge < -0.3 is 10.0 Å². The molecule has 0 spiro atoms. The van der Waals surface area contributed by atoms with E-state index in [4.69, 9.17) is 10.4 Å². The molecule has 1 aliphatic rings. The van der Waals surface area contributed by atoms with Gasteiger partial charge in [0.2, 0.25) is 0 Å². The van der Waals surface area contributed by atoms with Crippen LogP contribution in [-0.4, -0.2) is 24.3 Å². The fourth-order valence-corrected chi connectivity index (χ4v) is 1.41. The van der Waals surface area contributed by atoms with Gasteiger partial charge in [-0.25, -0.2) is 0 Å². The predicted octanol–water partition coefficient (Wildman–Crippen LogP) is 0.739. The zero-order valence-corrected chi connectivity index (χ0v) is 7.14. The highest BCUT2D eigenvalue weighted by Gasteiger charge is 2.23. The summed E-state index contributed by atoms with van der Waals surface area (Å²) in [6.45, 7) is 1.40. The Hall–Kier alpha value is -1.53. The topological polar surface area (TPSA) is 47.3 Å². The highest BCUT2D eigenvalue weighted by Crippen LogP contribution is 2.20. The maximum absolute atomic E-state index is 9.09. The molecule has 1 heterocycles. The Kier molecular flexibility index (Phi) is 1.91. The summed E-state index contributed by atoms with van der Waals surface area (Å²) in [4.78, 5) is 2.08. The number of aliphatic hydroxyl groups excluding tert-OH is 1. The molecule has 0 unspecified atom stereocenters. The quantitative estimate of drug-likeness (QED) is 0.683. The van der Waals surface area contributed by atoms with Gasteiger partial charge in [-0.15, -0.1) is 0 Å². The minimum absolute atomic E-state index is 0.185. The monoisotopic (exact) mass is 174 g/mol. The summed E-state index contributed by atoms with van der Waals surface area (Å²) in [5.74, 6) is 0. The SMILES string of the molecule is N#Cc1ccc(N2CC(O)C2)cc1. The standard InChI is InChI=1S/C10H10N2O/c11-5-8-1-3-9(4-2-8)12-6-10(13)7-12/h1-4,10,13H,6-7H2. The maximum atomic E-state index is 9.09. The van der Waals surface area contributed by atoms with E-state index < -0.39 is 0 Å². The third-order valence-corrected chi connectivity index (χ3v) is 2.22. The summed E-state index contributed by atoms with van der Waals surface area (Å²) in [7, 11) is 0. The first kappa shape index (κ1) is 8.09. The van der Waals surface area contributed by atoms with Crippen LogP contribution in [0, 0.1) is 11.3 Å². The van der Waals surface area contributed by atoms with Crippen molar-refractivity contribution >= 4 is 5.69 Å². The number of rotatable bonds is 1. The minimum atomic E-state index is -0.185. The first-order valence-electron chi connectivity index (χ1n) is 4.23. The Balaban J connectivity index is 2.11. The van der Waals surface area contributed by atoms with Gasteiger partial charge in [-0.3, -0.25) is 0 Å². The number of hydrogen-bond donors (Lipinski definition) is 1. The van der Waals surface area contributed by atoms with Crippen LogP contribution in [0.25, 0.3) is 0 Å². The Morgan fingerprint density at radius 1 is 1.31 bits per heavy atom. The molecule has 13 heavy (non-hydrogen) atoms. The summed E-state index contributed by atoms with van der Waals surface area (Å²) >= 11 is 0. The van der Waals surface area contributed by atoms with Gasteiger partial charge in [0.25, 0.3) is 0 Å². The Labute approximate surface area is 76.8 Å². The number of nitrogens with zero attached hydrogens (tertiary/aromatic N) is 2. The van der Waals surface area contributed by atoms with Gasteiger partial charge in [0.1, 0.15) is 0 Å². The van der Waals surface area contributed by atoms with E-state index in [0.717, 1.165) is 5.69 Å². The summed E-state index contributed by atoms with van der Waals surface area (Å²) < 4.78 is 0. The first-order valence-corrected chi connectivity index (χ1v) is 4.23. The highest BCUT2D eigenvalue weighted by molar-refractivity contribution is 5.51. The number of β-amino-alcohol motifs (C(OH)–C–C–N with tert-alkyl or cyclic N) is 1. The lowest BCUT2D eigenvalue weighted by Crippen LogP contribution is -2.50. The van der Waals surface area contributed by atoms with Crippen molar-refractivity contribution in [2.75, 3.05) is 18.0 Å². The first-order chi connectivity index (χ1) is 6.29. The van der Waals surface area contributed by atoms with Crippen molar-refractivity contribution in [3.05, 3.63) is 29.8 Å². The van der Waals surface area contributed by atoms with Gasteiger partial charge in [-0.05, 0) is 24.3 Å². The third-order valence-electron chi connectivity index (χ3n) is 2.22. The molecule has 0 amide bonds. The van der Waals surface area contributed by atoms with Crippen LogP contribution in [0.4, 0.5) is 5.69 Å². The molecule has 1 aromatic carbocycles. The molecule has 0 atom stereocenters. The summed E-state index contributed by atoms with van der Waals surface area (Å²) in [5, 5.41) is 17.7. The van der Waals surface area contributed by atoms with E-state index in [9.17, 15) is 0 Å². The van der Waals surface area contributed by atoms with Gasteiger partial charge in [-0.2, -0.15) is 5.26 Å². The molecule has 3 heteroatoms. The lowest BCUT2D eigenvalue weighted by Gasteiger charge is -2.37. The highest BCUT2D eigenvalue weighted by atomic mass is 16.3. The number of nitriles is 1. The zero-order chi connectivity index (χ0) is 9.26. The van der Waals surface area contributed by atoms with E-state index in [1.54, 1.807) is 12.1 Å². The zero-order valence-electron chi connectivity index (χ0n) is 7.14. The van der Waals surface area contributed by atoms with Crippen LogP contribution in [0.3, 0.4) is 0 Å². The molecule has 1 aromatic rings. The molecule has 3 nitrogen and oxygen atoms in total. The number of anilines is 1. The lowest BCUT2D eigenvalue weighted by atomic mass is 10.1. The Bertz CT molecular complexity index is 333. The molecule has 1 N–H and O–H groups in total. The fourth-order valence-electron chi connectivity index (χ4n) is 1.41. The molecule has 0 bridgehead atoms. The van der Waals surface area contributed by atoms with E-state index in [-0.39, 0.29) is 6.10 Å². The molecule has 0 aromatic heterocycles. The van der Waals surface area contributed by atoms with E-state index in [1.165, 1.54) is 0 Å². The second kappa shape index (κ2) is 3.08. The largest absolute Gasteiger partial charge is 0.389 e. The van der Waals surface area contributed by atoms with Crippen molar-refractivity contribution in [3.63, 3.8) is 0 Å². The fraction of sp³-hybridized carbons (Fsp3) is 0.300. The Morgan fingerprint density at radius 3 is 2.38 bits per heavy atom. The van der Waals surface area contributed by atoms with Gasteiger partial charge in [0, 0.05) is 18.8 Å². The van der Waals surface area contributed by atoms with E-state index in [2.05, 4.69) is 11.0 Å². The predicted molar refractivity (Wildman–Crippen MR) is 49.4 cm³/mol. The van der Waals surface area contributed by atoms with E-state index in [1.807, 2.05) is 12.1 Å². The molecule has 0 aliphatic carbocycles. The number of benzene rings is 1. The van der Waals surface area contributed by atoms with Crippen LogP contribution in [-0.2, 0) is 0 Å². The molecule has 1 saturated heterocycles.